The van der Waals surface area contributed by atoms with E-state index in [0.717, 1.165) is 11.1 Å². The lowest BCUT2D eigenvalue weighted by Crippen LogP contribution is -2.35. The number of carbonyl (C=O) groups excluding carboxylic acids is 1. The molecule has 1 aliphatic rings. The number of benzene rings is 2. The highest BCUT2D eigenvalue weighted by Gasteiger charge is 2.27. The van der Waals surface area contributed by atoms with Gasteiger partial charge in [-0.05, 0) is 36.4 Å². The number of nitrogens with one attached hydrogen (secondary N) is 2. The highest BCUT2D eigenvalue weighted by atomic mass is 32.2. The van der Waals surface area contributed by atoms with Crippen molar-refractivity contribution in [3.63, 3.8) is 0 Å². The molecule has 0 aliphatic carbocycles. The number of rotatable bonds is 4. The zero-order valence-electron chi connectivity index (χ0n) is 15.2. The molecule has 0 spiro atoms. The molecule has 8 heteroatoms. The van der Waals surface area contributed by atoms with Crippen LogP contribution in [-0.4, -0.2) is 36.3 Å². The quantitative estimate of drug-likeness (QED) is 0.563. The second-order valence-electron chi connectivity index (χ2n) is 6.61. The monoisotopic (exact) mass is 419 g/mol. The summed E-state index contributed by atoms with van der Waals surface area (Å²) in [6, 6.07) is 9.22. The molecule has 2 aromatic carbocycles. The predicted molar refractivity (Wildman–Crippen MR) is 113 cm³/mol. The number of hydrogen-bond donors (Lipinski definition) is 2. The third kappa shape index (κ3) is 3.59. The van der Waals surface area contributed by atoms with Crippen molar-refractivity contribution >= 4 is 45.1 Å². The molecule has 28 heavy (non-hydrogen) atoms. The summed E-state index contributed by atoms with van der Waals surface area (Å²) in [7, 11) is 0. The van der Waals surface area contributed by atoms with Gasteiger partial charge in [-0.1, -0.05) is 30.1 Å². The van der Waals surface area contributed by atoms with Gasteiger partial charge in [0, 0.05) is 34.6 Å². The van der Waals surface area contributed by atoms with Crippen LogP contribution in [0.25, 0.3) is 21.2 Å². The molecule has 1 saturated heterocycles. The zero-order chi connectivity index (χ0) is 19.7. The molecule has 1 aliphatic heterocycles. The van der Waals surface area contributed by atoms with Gasteiger partial charge in [-0.3, -0.25) is 4.72 Å². The van der Waals surface area contributed by atoms with Crippen molar-refractivity contribution in [1.82, 2.24) is 9.62 Å². The number of nitrogens with zero attached hydrogens (tertiary/aromatic N) is 1. The number of anilines is 1. The Morgan fingerprint density at radius 1 is 1.21 bits per heavy atom. The average molecular weight is 420 g/mol. The van der Waals surface area contributed by atoms with Gasteiger partial charge in [0.05, 0.1) is 11.3 Å². The summed E-state index contributed by atoms with van der Waals surface area (Å²) >= 11 is 2.98. The fourth-order valence-electron chi connectivity index (χ4n) is 3.55. The fourth-order valence-corrected chi connectivity index (χ4v) is 4.99. The fraction of sp³-hybridized carbons (Fsp3) is 0.250. The molecule has 2 N–H and O–H groups in total. The Bertz CT molecular complexity index is 1000. The lowest BCUT2D eigenvalue weighted by molar-refractivity contribution is 0.222. The van der Waals surface area contributed by atoms with Crippen molar-refractivity contribution in [2.45, 2.75) is 12.5 Å². The van der Waals surface area contributed by atoms with Gasteiger partial charge in [0.25, 0.3) is 0 Å². The van der Waals surface area contributed by atoms with E-state index in [1.165, 1.54) is 29.5 Å². The number of halogens is 2. The second kappa shape index (κ2) is 8.06. The molecule has 4 rings (SSSR count). The SMILES string of the molecule is CSNC1CCN(C(=O)Nc2csc3cccc(-c4c(F)cccc4F)c23)C1. The number of fused-ring (bicyclic) bond motifs is 1. The van der Waals surface area contributed by atoms with E-state index in [-0.39, 0.29) is 17.6 Å². The van der Waals surface area contributed by atoms with E-state index in [0.29, 0.717) is 29.7 Å². The zero-order valence-corrected chi connectivity index (χ0v) is 16.8. The molecule has 4 nitrogen and oxygen atoms in total. The molecular weight excluding hydrogens is 400 g/mol. The number of likely N-dealkylation sites (tertiary alicyclic amines) is 1. The smallest absolute Gasteiger partial charge is 0.321 e. The Kier molecular flexibility index (Phi) is 5.52. The summed E-state index contributed by atoms with van der Waals surface area (Å²) in [5.74, 6) is -1.25. The molecule has 1 atom stereocenters. The minimum atomic E-state index is -0.624. The predicted octanol–water partition coefficient (Wildman–Crippen LogP) is 5.32. The molecule has 1 aromatic heterocycles. The standard InChI is InChI=1S/C20H19F2N3OS2/c1-27-24-12-8-9-25(10-12)20(26)23-16-11-28-17-7-2-4-13(19(16)17)18-14(21)5-3-6-15(18)22/h2-7,11-12,24H,8-10H2,1H3,(H,23,26). The Labute approximate surface area is 170 Å². The van der Waals surface area contributed by atoms with Crippen LogP contribution in [0.1, 0.15) is 6.42 Å². The summed E-state index contributed by atoms with van der Waals surface area (Å²) in [6.45, 7) is 1.30. The first-order valence-electron chi connectivity index (χ1n) is 8.87. The molecule has 3 aromatic rings. The highest BCUT2D eigenvalue weighted by molar-refractivity contribution is 7.96. The molecular formula is C20H19F2N3OS2. The van der Waals surface area contributed by atoms with Crippen LogP contribution in [-0.2, 0) is 0 Å². The topological polar surface area (TPSA) is 44.4 Å². The molecule has 2 amide bonds. The molecule has 2 heterocycles. The summed E-state index contributed by atoms with van der Waals surface area (Å²) in [5.41, 5.74) is 0.935. The molecule has 0 saturated carbocycles. The minimum Gasteiger partial charge on any atom is -0.323 e. The third-order valence-corrected chi connectivity index (χ3v) is 6.35. The van der Waals surface area contributed by atoms with Crippen molar-refractivity contribution in [3.8, 4) is 11.1 Å². The van der Waals surface area contributed by atoms with Crippen LogP contribution < -0.4 is 10.0 Å². The van der Waals surface area contributed by atoms with E-state index in [1.807, 2.05) is 17.7 Å². The van der Waals surface area contributed by atoms with Gasteiger partial charge in [-0.15, -0.1) is 11.3 Å². The lowest BCUT2D eigenvalue weighted by atomic mass is 10.00. The number of amides is 2. The first-order chi connectivity index (χ1) is 13.6. The summed E-state index contributed by atoms with van der Waals surface area (Å²) in [5, 5.41) is 5.41. The molecule has 1 unspecified atom stereocenters. The van der Waals surface area contributed by atoms with Gasteiger partial charge < -0.3 is 10.2 Å². The van der Waals surface area contributed by atoms with Gasteiger partial charge in [-0.25, -0.2) is 13.6 Å². The van der Waals surface area contributed by atoms with E-state index in [1.54, 1.807) is 29.0 Å². The lowest BCUT2D eigenvalue weighted by Gasteiger charge is -2.18. The van der Waals surface area contributed by atoms with E-state index in [9.17, 15) is 13.6 Å². The largest absolute Gasteiger partial charge is 0.323 e. The average Bonchev–Trinajstić information content (AvgIpc) is 3.30. The Hall–Kier alpha value is -2.16. The number of carbonyl (C=O) groups is 1. The van der Waals surface area contributed by atoms with Crippen molar-refractivity contribution in [2.75, 3.05) is 24.7 Å². The first-order valence-corrected chi connectivity index (χ1v) is 11.0. The van der Waals surface area contributed by atoms with Crippen LogP contribution in [0.15, 0.2) is 41.8 Å². The van der Waals surface area contributed by atoms with Crippen molar-refractivity contribution < 1.29 is 13.6 Å². The highest BCUT2D eigenvalue weighted by Crippen LogP contribution is 2.40. The maximum absolute atomic E-state index is 14.4. The van der Waals surface area contributed by atoms with Crippen LogP contribution in [0.5, 0.6) is 0 Å². The van der Waals surface area contributed by atoms with Crippen molar-refractivity contribution in [1.29, 1.82) is 0 Å². The first kappa shape index (κ1) is 19.2. The molecule has 0 bridgehead atoms. The van der Waals surface area contributed by atoms with Crippen LogP contribution in [0.2, 0.25) is 0 Å². The van der Waals surface area contributed by atoms with Crippen molar-refractivity contribution in [3.05, 3.63) is 53.4 Å². The number of hydrogen-bond acceptors (Lipinski definition) is 4. The summed E-state index contributed by atoms with van der Waals surface area (Å²) in [6.07, 6.45) is 2.86. The Balaban J connectivity index is 1.67. The van der Waals surface area contributed by atoms with Crippen LogP contribution in [0.3, 0.4) is 0 Å². The van der Waals surface area contributed by atoms with Gasteiger partial charge in [0.1, 0.15) is 11.6 Å². The van der Waals surface area contributed by atoms with E-state index >= 15 is 0 Å². The second-order valence-corrected chi connectivity index (χ2v) is 8.16. The van der Waals surface area contributed by atoms with Crippen LogP contribution >= 0.6 is 23.3 Å². The van der Waals surface area contributed by atoms with E-state index < -0.39 is 11.6 Å². The number of urea groups is 1. The minimum absolute atomic E-state index is 0.0765. The Morgan fingerprint density at radius 2 is 1.96 bits per heavy atom. The van der Waals surface area contributed by atoms with Crippen molar-refractivity contribution in [2.24, 2.45) is 0 Å². The number of thiophene rings is 1. The van der Waals surface area contributed by atoms with Gasteiger partial charge >= 0.3 is 6.03 Å². The van der Waals surface area contributed by atoms with E-state index in [4.69, 9.17) is 0 Å². The summed E-state index contributed by atoms with van der Waals surface area (Å²) in [4.78, 5) is 14.5. The van der Waals surface area contributed by atoms with Crippen LogP contribution in [0.4, 0.5) is 19.3 Å². The van der Waals surface area contributed by atoms with Gasteiger partial charge in [-0.2, -0.15) is 0 Å². The Morgan fingerprint density at radius 3 is 2.71 bits per heavy atom. The molecule has 0 radical (unpaired) electrons. The third-order valence-electron chi connectivity index (χ3n) is 4.83. The summed E-state index contributed by atoms with van der Waals surface area (Å²) < 4.78 is 32.9. The van der Waals surface area contributed by atoms with Gasteiger partial charge in [0.2, 0.25) is 0 Å². The molecule has 146 valence electrons. The normalized spacial score (nSPS) is 16.7. The maximum Gasteiger partial charge on any atom is 0.321 e. The van der Waals surface area contributed by atoms with Crippen LogP contribution in [0, 0.1) is 11.6 Å². The van der Waals surface area contributed by atoms with E-state index in [2.05, 4.69) is 10.0 Å². The van der Waals surface area contributed by atoms with Gasteiger partial charge in [0.15, 0.2) is 0 Å². The molecule has 1 fully saturated rings. The maximum atomic E-state index is 14.4.